The summed E-state index contributed by atoms with van der Waals surface area (Å²) in [5.74, 6) is 3.41. The zero-order valence-electron chi connectivity index (χ0n) is 50.7. The van der Waals surface area contributed by atoms with E-state index in [4.69, 9.17) is 23.2 Å². The summed E-state index contributed by atoms with van der Waals surface area (Å²) in [6.07, 6.45) is 6.62. The van der Waals surface area contributed by atoms with Crippen LogP contribution >= 0.6 is 23.2 Å². The summed E-state index contributed by atoms with van der Waals surface area (Å²) < 4.78 is 3.31. The molecule has 91 heavy (non-hydrogen) atoms. The van der Waals surface area contributed by atoms with Crippen molar-refractivity contribution in [2.75, 3.05) is 47.8 Å². The van der Waals surface area contributed by atoms with Gasteiger partial charge in [-0.05, 0) is 75.4 Å². The van der Waals surface area contributed by atoms with E-state index in [1.54, 1.807) is 78.5 Å². The Balaban J connectivity index is 0.000000198. The molecule has 6 heterocycles. The second-order valence-corrected chi connectivity index (χ2v) is 20.8. The number of nitrogens with zero attached hydrogens (tertiary/aromatic N) is 20. The first-order valence-corrected chi connectivity index (χ1v) is 28.1. The maximum Gasteiger partial charge on any atom is 0.333 e. The predicted molar refractivity (Wildman–Crippen MR) is 348 cm³/mol. The van der Waals surface area contributed by atoms with E-state index in [0.29, 0.717) is 78.6 Å². The quantitative estimate of drug-likeness (QED) is 0.0333. The van der Waals surface area contributed by atoms with E-state index in [0.717, 1.165) is 22.3 Å². The number of aryl methyl sites for hydroxylation is 6. The lowest BCUT2D eigenvalue weighted by Gasteiger charge is -2.22. The summed E-state index contributed by atoms with van der Waals surface area (Å²) >= 11 is 10.9. The van der Waals surface area contributed by atoms with Crippen LogP contribution in [0, 0.1) is 82.0 Å². The Morgan fingerprint density at radius 2 is 0.747 bits per heavy atom. The first-order chi connectivity index (χ1) is 42.9. The minimum Gasteiger partial charge on any atom is -0.349 e. The SMILES string of the molecule is C.Cc1nc(-n2ccnc2C)nc(N(C)Cc2ccccc2)c1[N+](=O)[O-].Cc1nc(Cl)nc(Cl)c1[N+](=O)[O-].Cc1nc(N(C)Cc2ccccc2)nc(-n2ccnc2C)c1[N+](=O)[O-].Cc1nc(N(C)Cc2ccccc2)nc(N(C)Cc2ccccc2)c1[N+](=O)[O-]. The molecule has 10 rings (SSSR count). The molecule has 0 unspecified atom stereocenters. The van der Waals surface area contributed by atoms with Crippen molar-refractivity contribution >= 4 is 69.5 Å². The number of hydrogen-bond acceptors (Lipinski definition) is 22. The summed E-state index contributed by atoms with van der Waals surface area (Å²) in [5, 5.41) is 44.7. The van der Waals surface area contributed by atoms with Gasteiger partial charge < -0.3 is 19.6 Å². The smallest absolute Gasteiger partial charge is 0.333 e. The molecule has 0 spiro atoms. The summed E-state index contributed by atoms with van der Waals surface area (Å²) in [6.45, 7) is 12.2. The van der Waals surface area contributed by atoms with E-state index in [-0.39, 0.29) is 57.9 Å². The molecule has 0 aliphatic carbocycles. The normalized spacial score (nSPS) is 10.4. The summed E-state index contributed by atoms with van der Waals surface area (Å²) in [6, 6.07) is 39.4. The van der Waals surface area contributed by atoms with Gasteiger partial charge in [0.25, 0.3) is 0 Å². The van der Waals surface area contributed by atoms with Crippen molar-refractivity contribution in [3.8, 4) is 11.8 Å². The first kappa shape index (κ1) is 69.1. The van der Waals surface area contributed by atoms with E-state index >= 15 is 0 Å². The fourth-order valence-corrected chi connectivity index (χ4v) is 9.56. The number of imidazole rings is 2. The zero-order valence-corrected chi connectivity index (χ0v) is 52.2. The molecule has 0 N–H and O–H groups in total. The van der Waals surface area contributed by atoms with Gasteiger partial charge in [0.15, 0.2) is 0 Å². The number of nitro groups is 4. The van der Waals surface area contributed by atoms with Gasteiger partial charge in [0, 0.05) is 79.2 Å². The van der Waals surface area contributed by atoms with Gasteiger partial charge in [-0.2, -0.15) is 19.9 Å². The van der Waals surface area contributed by atoms with Crippen molar-refractivity contribution in [3.63, 3.8) is 0 Å². The van der Waals surface area contributed by atoms with Crippen molar-refractivity contribution in [1.29, 1.82) is 0 Å². The Hall–Kier alpha value is -11.0. The molecule has 10 aromatic rings. The van der Waals surface area contributed by atoms with Gasteiger partial charge in [-0.1, -0.05) is 140 Å². The molecular formula is C61H66Cl2N20O8. The molecule has 0 amide bonds. The highest BCUT2D eigenvalue weighted by molar-refractivity contribution is 6.33. The van der Waals surface area contributed by atoms with E-state index in [2.05, 4.69) is 49.8 Å². The van der Waals surface area contributed by atoms with Crippen molar-refractivity contribution in [2.45, 2.75) is 75.1 Å². The molecule has 0 radical (unpaired) electrons. The minimum absolute atomic E-state index is 0. The van der Waals surface area contributed by atoms with Gasteiger partial charge in [-0.25, -0.2) is 29.9 Å². The van der Waals surface area contributed by atoms with Crippen LogP contribution in [0.15, 0.2) is 146 Å². The number of benzene rings is 4. The maximum atomic E-state index is 11.7. The Kier molecular flexibility index (Phi) is 24.1. The van der Waals surface area contributed by atoms with Crippen molar-refractivity contribution in [1.82, 2.24) is 59.0 Å². The van der Waals surface area contributed by atoms with E-state index in [9.17, 15) is 40.5 Å². The van der Waals surface area contributed by atoms with Crippen LogP contribution in [0.3, 0.4) is 0 Å². The van der Waals surface area contributed by atoms with Crippen LogP contribution in [0.5, 0.6) is 0 Å². The molecule has 0 saturated carbocycles. The van der Waals surface area contributed by atoms with E-state index < -0.39 is 19.7 Å². The number of rotatable bonds is 18. The minimum atomic E-state index is -0.645. The van der Waals surface area contributed by atoms with Crippen LogP contribution < -0.4 is 19.6 Å². The summed E-state index contributed by atoms with van der Waals surface area (Å²) in [7, 11) is 7.34. The average molecular weight is 1280 g/mol. The molecule has 28 nitrogen and oxygen atoms in total. The molecule has 6 aromatic heterocycles. The second kappa shape index (κ2) is 31.8. The van der Waals surface area contributed by atoms with E-state index in [1.165, 1.54) is 6.92 Å². The topological polar surface area (TPSA) is 324 Å². The van der Waals surface area contributed by atoms with Crippen molar-refractivity contribution < 1.29 is 19.7 Å². The van der Waals surface area contributed by atoms with Gasteiger partial charge in [0.2, 0.25) is 45.7 Å². The molecule has 0 bridgehead atoms. The Morgan fingerprint density at radius 1 is 0.407 bits per heavy atom. The Bertz CT molecular complexity index is 4110. The first-order valence-electron chi connectivity index (χ1n) is 27.4. The fourth-order valence-electron chi connectivity index (χ4n) is 9.02. The number of anilines is 4. The van der Waals surface area contributed by atoms with Gasteiger partial charge in [-0.3, -0.25) is 49.6 Å². The monoisotopic (exact) mass is 1280 g/mol. The zero-order chi connectivity index (χ0) is 65.3. The van der Waals surface area contributed by atoms with Gasteiger partial charge in [0.05, 0.1) is 19.7 Å². The lowest BCUT2D eigenvalue weighted by Crippen LogP contribution is -2.24. The van der Waals surface area contributed by atoms with Crippen LogP contribution in [0.2, 0.25) is 10.4 Å². The molecule has 472 valence electrons. The number of hydrogen-bond donors (Lipinski definition) is 0. The van der Waals surface area contributed by atoms with Gasteiger partial charge in [-0.15, -0.1) is 0 Å². The fraction of sp³-hybridized carbons (Fsp3) is 0.246. The third-order valence-corrected chi connectivity index (χ3v) is 13.8. The summed E-state index contributed by atoms with van der Waals surface area (Å²) in [4.78, 5) is 92.2. The van der Waals surface area contributed by atoms with Crippen molar-refractivity contribution in [3.05, 3.63) is 254 Å². The average Bonchev–Trinajstić information content (AvgIpc) is 1.86. The summed E-state index contributed by atoms with van der Waals surface area (Å²) in [5.41, 5.74) is 4.89. The largest absolute Gasteiger partial charge is 0.349 e. The molecule has 30 heteroatoms. The predicted octanol–water partition coefficient (Wildman–Crippen LogP) is 12.2. The lowest BCUT2D eigenvalue weighted by atomic mass is 10.2. The Morgan fingerprint density at radius 3 is 1.12 bits per heavy atom. The highest BCUT2D eigenvalue weighted by atomic mass is 35.5. The van der Waals surface area contributed by atoms with Crippen LogP contribution in [0.25, 0.3) is 11.8 Å². The number of halogens is 2. The second-order valence-electron chi connectivity index (χ2n) is 20.1. The van der Waals surface area contributed by atoms with Crippen LogP contribution in [-0.4, -0.2) is 107 Å². The molecule has 4 aromatic carbocycles. The van der Waals surface area contributed by atoms with Crippen molar-refractivity contribution in [2.24, 2.45) is 0 Å². The third kappa shape index (κ3) is 18.1. The number of aromatic nitrogens is 12. The molecule has 0 atom stereocenters. The molecule has 0 saturated heterocycles. The highest BCUT2D eigenvalue weighted by Crippen LogP contribution is 2.33. The molecule has 0 aliphatic rings. The highest BCUT2D eigenvalue weighted by Gasteiger charge is 2.29. The van der Waals surface area contributed by atoms with Gasteiger partial charge in [0.1, 0.15) is 34.4 Å². The maximum absolute atomic E-state index is 11.7. The van der Waals surface area contributed by atoms with Crippen LogP contribution in [-0.2, 0) is 26.2 Å². The van der Waals surface area contributed by atoms with Crippen LogP contribution in [0.1, 0.15) is 64.1 Å². The van der Waals surface area contributed by atoms with Crippen LogP contribution in [0.4, 0.5) is 46.3 Å². The molecular weight excluding hydrogens is 1210 g/mol. The molecule has 0 aliphatic heterocycles. The third-order valence-electron chi connectivity index (χ3n) is 13.4. The van der Waals surface area contributed by atoms with Gasteiger partial charge >= 0.3 is 22.7 Å². The van der Waals surface area contributed by atoms with E-state index in [1.807, 2.05) is 159 Å². The molecule has 0 fully saturated rings. The Labute approximate surface area is 534 Å². The standard InChI is InChI=1S/C21H23N5O2.2C17H18N6O2.C5H3Cl2N3O2.CH4/c1-16-19(26(27)28)20(24(2)14-17-10-6-4-7-11-17)23-21(22-16)25(3)15-18-12-8-5-9-13-18;1-12-15(23(24)25)16(22-10-9-18-13(22)2)20-17(19-12)21(3)11-14-7-5-4-6-8-14;1-12-15(23(24)25)16(21(3)11-14-7-5-4-6-8-14)20-17(19-12)22-10-9-18-13(22)2;1-2-3(10(11)12)4(6)9-5(7)8-2;/h4-13H,14-15H2,1-3H3;2*4-10H,11H2,1-3H3;1H3;1H4. The lowest BCUT2D eigenvalue weighted by molar-refractivity contribution is -0.386.